The second-order valence-electron chi connectivity index (χ2n) is 8.50. The Labute approximate surface area is 195 Å². The summed E-state index contributed by atoms with van der Waals surface area (Å²) in [6.07, 6.45) is 1.90. The van der Waals surface area contributed by atoms with E-state index in [2.05, 4.69) is 48.0 Å². The summed E-state index contributed by atoms with van der Waals surface area (Å²) in [4.78, 5) is 17.4. The molecule has 5 heteroatoms. The normalized spacial score (nSPS) is 11.0. The van der Waals surface area contributed by atoms with Gasteiger partial charge in [-0.1, -0.05) is 48.0 Å². The summed E-state index contributed by atoms with van der Waals surface area (Å²) in [6.45, 7) is 8.04. The predicted octanol–water partition coefficient (Wildman–Crippen LogP) is 5.75. The number of carbonyl (C=O) groups excluding carboxylic acids is 1. The van der Waals surface area contributed by atoms with Crippen LogP contribution in [0.2, 0.25) is 0 Å². The van der Waals surface area contributed by atoms with Crippen molar-refractivity contribution in [2.24, 2.45) is 0 Å². The molecule has 0 atom stereocenters. The second-order valence-corrected chi connectivity index (χ2v) is 8.50. The van der Waals surface area contributed by atoms with Crippen molar-refractivity contribution in [2.75, 3.05) is 6.61 Å². The first-order valence-corrected chi connectivity index (χ1v) is 11.5. The van der Waals surface area contributed by atoms with E-state index >= 15 is 0 Å². The van der Waals surface area contributed by atoms with Crippen LogP contribution in [-0.4, -0.2) is 22.1 Å². The van der Waals surface area contributed by atoms with E-state index in [4.69, 9.17) is 9.72 Å². The zero-order chi connectivity index (χ0) is 23.2. The Kier molecular flexibility index (Phi) is 7.08. The number of amides is 1. The molecule has 0 bridgehead atoms. The number of unbranched alkanes of at least 4 members (excludes halogenated alkanes) is 1. The standard InChI is InChI=1S/C28H31N3O2/c1-20-10-8-13-23(18-20)28(32)29-19-26-30-24-14-4-5-15-25(24)31(26)16-6-7-17-33-27-21(2)11-9-12-22(27)3/h4-5,8-15,18H,6-7,16-17,19H2,1-3H3,(H,29,32). The van der Waals surface area contributed by atoms with Crippen LogP contribution in [0.4, 0.5) is 0 Å². The molecule has 170 valence electrons. The maximum absolute atomic E-state index is 12.6. The maximum atomic E-state index is 12.6. The lowest BCUT2D eigenvalue weighted by Gasteiger charge is -2.13. The number of fused-ring (bicyclic) bond motifs is 1. The van der Waals surface area contributed by atoms with Gasteiger partial charge in [-0.05, 0) is 69.0 Å². The number of carbonyl (C=O) groups is 1. The number of hydrogen-bond acceptors (Lipinski definition) is 3. The first-order chi connectivity index (χ1) is 16.0. The molecule has 5 nitrogen and oxygen atoms in total. The highest BCUT2D eigenvalue weighted by atomic mass is 16.5. The number of imidazole rings is 1. The molecule has 3 aromatic carbocycles. The minimum absolute atomic E-state index is 0.0840. The van der Waals surface area contributed by atoms with Gasteiger partial charge >= 0.3 is 0 Å². The fourth-order valence-corrected chi connectivity index (χ4v) is 4.13. The lowest BCUT2D eigenvalue weighted by molar-refractivity contribution is 0.0949. The summed E-state index contributed by atoms with van der Waals surface area (Å²) in [5.74, 6) is 1.78. The van der Waals surface area contributed by atoms with Gasteiger partial charge in [0.25, 0.3) is 5.91 Å². The Morgan fingerprint density at radius 1 is 0.939 bits per heavy atom. The third kappa shape index (κ3) is 5.43. The molecule has 4 aromatic rings. The molecule has 1 aromatic heterocycles. The Morgan fingerprint density at radius 3 is 2.48 bits per heavy atom. The summed E-state index contributed by atoms with van der Waals surface area (Å²) in [5.41, 5.74) is 6.11. The fourth-order valence-electron chi connectivity index (χ4n) is 4.13. The van der Waals surface area contributed by atoms with Crippen molar-refractivity contribution < 1.29 is 9.53 Å². The van der Waals surface area contributed by atoms with Crippen molar-refractivity contribution >= 4 is 16.9 Å². The Bertz CT molecular complexity index is 1240. The zero-order valence-electron chi connectivity index (χ0n) is 19.6. The lowest BCUT2D eigenvalue weighted by atomic mass is 10.1. The van der Waals surface area contributed by atoms with Crippen LogP contribution in [0.3, 0.4) is 0 Å². The Hall–Kier alpha value is -3.60. The predicted molar refractivity (Wildman–Crippen MR) is 133 cm³/mol. The van der Waals surface area contributed by atoms with Gasteiger partial charge in [0.1, 0.15) is 11.6 Å². The molecule has 4 rings (SSSR count). The van der Waals surface area contributed by atoms with Crippen LogP contribution < -0.4 is 10.1 Å². The van der Waals surface area contributed by atoms with Crippen molar-refractivity contribution in [3.8, 4) is 5.75 Å². The number of ether oxygens (including phenoxy) is 1. The van der Waals surface area contributed by atoms with E-state index in [1.165, 1.54) is 11.1 Å². The van der Waals surface area contributed by atoms with Crippen LogP contribution in [-0.2, 0) is 13.1 Å². The highest BCUT2D eigenvalue weighted by molar-refractivity contribution is 5.94. The highest BCUT2D eigenvalue weighted by Crippen LogP contribution is 2.23. The number of aryl methyl sites for hydroxylation is 4. The van der Waals surface area contributed by atoms with Gasteiger partial charge in [-0.25, -0.2) is 4.98 Å². The van der Waals surface area contributed by atoms with Crippen LogP contribution in [0.15, 0.2) is 66.7 Å². The summed E-state index contributed by atoms with van der Waals surface area (Å²) in [7, 11) is 0. The average Bonchev–Trinajstić information content (AvgIpc) is 3.16. The molecule has 0 radical (unpaired) electrons. The van der Waals surface area contributed by atoms with Crippen molar-refractivity contribution in [2.45, 2.75) is 46.7 Å². The van der Waals surface area contributed by atoms with Crippen LogP contribution in [0.5, 0.6) is 5.75 Å². The smallest absolute Gasteiger partial charge is 0.251 e. The zero-order valence-corrected chi connectivity index (χ0v) is 19.6. The van der Waals surface area contributed by atoms with Crippen molar-refractivity contribution in [1.82, 2.24) is 14.9 Å². The number of benzene rings is 3. The minimum Gasteiger partial charge on any atom is -0.493 e. The van der Waals surface area contributed by atoms with E-state index in [9.17, 15) is 4.79 Å². The molecule has 0 unspecified atom stereocenters. The molecular formula is C28H31N3O2. The van der Waals surface area contributed by atoms with E-state index in [1.54, 1.807) is 0 Å². The SMILES string of the molecule is Cc1cccc(C(=O)NCc2nc3ccccc3n2CCCCOc2c(C)cccc2C)c1. The number of para-hydroxylation sites is 3. The Balaban J connectivity index is 1.39. The number of rotatable bonds is 9. The largest absolute Gasteiger partial charge is 0.493 e. The molecule has 0 aliphatic heterocycles. The second kappa shape index (κ2) is 10.3. The average molecular weight is 442 g/mol. The number of aromatic nitrogens is 2. The summed E-state index contributed by atoms with van der Waals surface area (Å²) in [5, 5.41) is 3.03. The number of hydrogen-bond donors (Lipinski definition) is 1. The van der Waals surface area contributed by atoms with E-state index < -0.39 is 0 Å². The van der Waals surface area contributed by atoms with Gasteiger partial charge in [0, 0.05) is 12.1 Å². The van der Waals surface area contributed by atoms with Gasteiger partial charge in [-0.3, -0.25) is 4.79 Å². The van der Waals surface area contributed by atoms with Gasteiger partial charge in [-0.2, -0.15) is 0 Å². The summed E-state index contributed by atoms with van der Waals surface area (Å²) < 4.78 is 8.27. The summed E-state index contributed by atoms with van der Waals surface area (Å²) >= 11 is 0. The minimum atomic E-state index is -0.0840. The highest BCUT2D eigenvalue weighted by Gasteiger charge is 2.12. The molecule has 1 heterocycles. The number of nitrogens with zero attached hydrogens (tertiary/aromatic N) is 2. The van der Waals surface area contributed by atoms with Crippen LogP contribution >= 0.6 is 0 Å². The van der Waals surface area contributed by atoms with Gasteiger partial charge in [-0.15, -0.1) is 0 Å². The topological polar surface area (TPSA) is 56.2 Å². The molecule has 0 fully saturated rings. The first-order valence-electron chi connectivity index (χ1n) is 11.5. The molecule has 0 aliphatic carbocycles. The molecule has 0 saturated heterocycles. The van der Waals surface area contributed by atoms with E-state index in [0.29, 0.717) is 18.7 Å². The van der Waals surface area contributed by atoms with Crippen LogP contribution in [0.1, 0.15) is 45.7 Å². The molecular weight excluding hydrogens is 410 g/mol. The molecule has 1 amide bonds. The third-order valence-corrected chi connectivity index (χ3v) is 5.85. The molecule has 0 spiro atoms. The van der Waals surface area contributed by atoms with E-state index in [0.717, 1.165) is 47.6 Å². The third-order valence-electron chi connectivity index (χ3n) is 5.85. The Morgan fingerprint density at radius 2 is 1.70 bits per heavy atom. The van der Waals surface area contributed by atoms with Crippen LogP contribution in [0.25, 0.3) is 11.0 Å². The van der Waals surface area contributed by atoms with Gasteiger partial charge in [0.05, 0.1) is 24.2 Å². The molecule has 33 heavy (non-hydrogen) atoms. The van der Waals surface area contributed by atoms with E-state index in [1.807, 2.05) is 49.4 Å². The van der Waals surface area contributed by atoms with Gasteiger partial charge in [0.2, 0.25) is 0 Å². The van der Waals surface area contributed by atoms with Crippen molar-refractivity contribution in [3.63, 3.8) is 0 Å². The molecule has 1 N–H and O–H groups in total. The monoisotopic (exact) mass is 441 g/mol. The van der Waals surface area contributed by atoms with Crippen LogP contribution in [0, 0.1) is 20.8 Å². The van der Waals surface area contributed by atoms with Crippen molar-refractivity contribution in [3.05, 3.63) is 94.8 Å². The molecule has 0 aliphatic rings. The summed E-state index contributed by atoms with van der Waals surface area (Å²) in [6, 6.07) is 22.0. The number of nitrogens with one attached hydrogen (secondary N) is 1. The lowest BCUT2D eigenvalue weighted by Crippen LogP contribution is -2.25. The van der Waals surface area contributed by atoms with Gasteiger partial charge in [0.15, 0.2) is 0 Å². The quantitative estimate of drug-likeness (QED) is 0.337. The molecule has 0 saturated carbocycles. The maximum Gasteiger partial charge on any atom is 0.251 e. The van der Waals surface area contributed by atoms with E-state index in [-0.39, 0.29) is 5.91 Å². The fraction of sp³-hybridized carbons (Fsp3) is 0.286. The van der Waals surface area contributed by atoms with Crippen molar-refractivity contribution in [1.29, 1.82) is 0 Å². The first kappa shape index (κ1) is 22.6. The van der Waals surface area contributed by atoms with Gasteiger partial charge < -0.3 is 14.6 Å².